The summed E-state index contributed by atoms with van der Waals surface area (Å²) in [5.41, 5.74) is 3.07. The fourth-order valence-electron chi connectivity index (χ4n) is 3.68. The Morgan fingerprint density at radius 2 is 1.76 bits per heavy atom. The van der Waals surface area contributed by atoms with Crippen LogP contribution in [-0.4, -0.2) is 69.3 Å². The fraction of sp³-hybridized carbons (Fsp3) is 0.364. The molecule has 34 heavy (non-hydrogen) atoms. The standard InChI is InChI=1S/C22H28N8O2S2/c1-3-30-16-18(17(2)26-30)15-28-11-13-29(14-12-28)22(33)25-19-5-7-20(8-6-19)34(31,32)27-21-23-9-4-10-24-21/h4-10,16H,3,11-15H2,1-2H3,(H,25,33)(H,23,24,27). The van der Waals surface area contributed by atoms with Gasteiger partial charge in [-0.2, -0.15) is 5.10 Å². The summed E-state index contributed by atoms with van der Waals surface area (Å²) in [5, 5.41) is 8.36. The molecule has 1 saturated heterocycles. The number of aryl methyl sites for hydroxylation is 2. The number of piperazine rings is 1. The van der Waals surface area contributed by atoms with Gasteiger partial charge in [-0.15, -0.1) is 0 Å². The molecule has 0 atom stereocenters. The lowest BCUT2D eigenvalue weighted by atomic mass is 10.2. The predicted molar refractivity (Wildman–Crippen MR) is 135 cm³/mol. The van der Waals surface area contributed by atoms with Crippen LogP contribution in [0.3, 0.4) is 0 Å². The SMILES string of the molecule is CCn1cc(CN2CCN(C(=S)Nc3ccc(S(=O)(=O)Nc4ncccn4)cc3)CC2)c(C)n1. The van der Waals surface area contributed by atoms with Gasteiger partial charge in [-0.05, 0) is 56.4 Å². The third kappa shape index (κ3) is 5.88. The van der Waals surface area contributed by atoms with Crippen LogP contribution in [0.4, 0.5) is 11.6 Å². The minimum Gasteiger partial charge on any atom is -0.346 e. The van der Waals surface area contributed by atoms with Gasteiger partial charge in [-0.3, -0.25) is 9.58 Å². The topological polar surface area (TPSA) is 108 Å². The van der Waals surface area contributed by atoms with Crippen LogP contribution in [0.15, 0.2) is 53.8 Å². The number of nitrogens with zero attached hydrogens (tertiary/aromatic N) is 6. The molecule has 1 aromatic carbocycles. The largest absolute Gasteiger partial charge is 0.346 e. The van der Waals surface area contributed by atoms with Crippen LogP contribution in [0.1, 0.15) is 18.2 Å². The number of benzene rings is 1. The number of anilines is 2. The molecule has 3 aromatic rings. The summed E-state index contributed by atoms with van der Waals surface area (Å²) in [4.78, 5) is 12.4. The first-order valence-electron chi connectivity index (χ1n) is 11.0. The van der Waals surface area contributed by atoms with E-state index in [0.717, 1.165) is 50.6 Å². The van der Waals surface area contributed by atoms with Gasteiger partial charge in [0.2, 0.25) is 5.95 Å². The lowest BCUT2D eigenvalue weighted by Crippen LogP contribution is -2.49. The summed E-state index contributed by atoms with van der Waals surface area (Å²) in [6.45, 7) is 9.36. The second kappa shape index (κ2) is 10.5. The van der Waals surface area contributed by atoms with Crippen LogP contribution in [-0.2, 0) is 23.1 Å². The van der Waals surface area contributed by atoms with E-state index >= 15 is 0 Å². The van der Waals surface area contributed by atoms with E-state index in [1.165, 1.54) is 30.1 Å². The van der Waals surface area contributed by atoms with Crippen LogP contribution in [0, 0.1) is 6.92 Å². The van der Waals surface area contributed by atoms with Gasteiger partial charge < -0.3 is 10.2 Å². The molecule has 0 unspecified atom stereocenters. The molecule has 0 saturated carbocycles. The van der Waals surface area contributed by atoms with E-state index in [1.807, 2.05) is 4.68 Å². The molecule has 0 radical (unpaired) electrons. The van der Waals surface area contributed by atoms with E-state index in [-0.39, 0.29) is 10.8 Å². The van der Waals surface area contributed by atoms with Gasteiger partial charge in [-0.25, -0.2) is 23.1 Å². The number of sulfonamides is 1. The molecule has 1 aliphatic rings. The molecule has 0 amide bonds. The molecule has 2 aromatic heterocycles. The zero-order valence-electron chi connectivity index (χ0n) is 19.2. The second-order valence-corrected chi connectivity index (χ2v) is 10.1. The number of hydrogen-bond donors (Lipinski definition) is 2. The molecule has 0 aliphatic carbocycles. The number of nitrogens with one attached hydrogen (secondary N) is 2. The highest BCUT2D eigenvalue weighted by Crippen LogP contribution is 2.18. The molecule has 4 rings (SSSR count). The molecular formula is C22H28N8O2S2. The van der Waals surface area contributed by atoms with Gasteiger partial charge in [-0.1, -0.05) is 0 Å². The number of rotatable bonds is 7. The van der Waals surface area contributed by atoms with Crippen LogP contribution < -0.4 is 10.0 Å². The quantitative estimate of drug-likeness (QED) is 0.473. The van der Waals surface area contributed by atoms with E-state index < -0.39 is 10.0 Å². The molecule has 10 nitrogen and oxygen atoms in total. The Balaban J connectivity index is 1.29. The van der Waals surface area contributed by atoms with Gasteiger partial charge in [0.15, 0.2) is 5.11 Å². The van der Waals surface area contributed by atoms with Crippen molar-refractivity contribution in [1.82, 2.24) is 29.5 Å². The van der Waals surface area contributed by atoms with Gasteiger partial charge >= 0.3 is 0 Å². The third-order valence-electron chi connectivity index (χ3n) is 5.63. The Bertz CT molecular complexity index is 1220. The summed E-state index contributed by atoms with van der Waals surface area (Å²) in [6, 6.07) is 8.04. The highest BCUT2D eigenvalue weighted by Gasteiger charge is 2.21. The summed E-state index contributed by atoms with van der Waals surface area (Å²) in [6.07, 6.45) is 5.07. The van der Waals surface area contributed by atoms with Gasteiger partial charge in [0.1, 0.15) is 0 Å². The monoisotopic (exact) mass is 500 g/mol. The summed E-state index contributed by atoms with van der Waals surface area (Å²) in [5.74, 6) is 0.0272. The Kier molecular flexibility index (Phi) is 7.39. The van der Waals surface area contributed by atoms with E-state index in [1.54, 1.807) is 18.2 Å². The van der Waals surface area contributed by atoms with Crippen LogP contribution >= 0.6 is 12.2 Å². The molecule has 180 valence electrons. The molecule has 1 fully saturated rings. The molecular weight excluding hydrogens is 472 g/mol. The minimum absolute atomic E-state index is 0.0272. The average Bonchev–Trinajstić information content (AvgIpc) is 3.19. The normalized spacial score (nSPS) is 14.7. The molecule has 1 aliphatic heterocycles. The van der Waals surface area contributed by atoms with E-state index in [0.29, 0.717) is 5.11 Å². The Morgan fingerprint density at radius 3 is 2.38 bits per heavy atom. The van der Waals surface area contributed by atoms with Gasteiger partial charge in [0.05, 0.1) is 10.6 Å². The van der Waals surface area contributed by atoms with Gasteiger partial charge in [0, 0.05) is 69.1 Å². The first-order valence-corrected chi connectivity index (χ1v) is 12.9. The fourth-order valence-corrected chi connectivity index (χ4v) is 4.94. The van der Waals surface area contributed by atoms with Crippen molar-refractivity contribution in [2.75, 3.05) is 36.2 Å². The minimum atomic E-state index is -3.77. The Hall–Kier alpha value is -3.09. The van der Waals surface area contributed by atoms with Crippen molar-refractivity contribution >= 4 is 39.0 Å². The predicted octanol–water partition coefficient (Wildman–Crippen LogP) is 2.32. The van der Waals surface area contributed by atoms with E-state index in [9.17, 15) is 8.42 Å². The van der Waals surface area contributed by atoms with E-state index in [4.69, 9.17) is 12.2 Å². The zero-order chi connectivity index (χ0) is 24.1. The molecule has 0 bridgehead atoms. The average molecular weight is 501 g/mol. The van der Waals surface area contributed by atoms with Gasteiger partial charge in [0.25, 0.3) is 10.0 Å². The number of aromatic nitrogens is 4. The second-order valence-electron chi connectivity index (χ2n) is 7.99. The maximum Gasteiger partial charge on any atom is 0.264 e. The first-order chi connectivity index (χ1) is 16.3. The van der Waals surface area contributed by atoms with Crippen molar-refractivity contribution in [3.63, 3.8) is 0 Å². The number of thiocarbonyl (C=S) groups is 1. The Labute approximate surface area is 205 Å². The Morgan fingerprint density at radius 1 is 1.09 bits per heavy atom. The smallest absolute Gasteiger partial charge is 0.264 e. The molecule has 2 N–H and O–H groups in total. The lowest BCUT2D eigenvalue weighted by Gasteiger charge is -2.36. The van der Waals surface area contributed by atoms with Crippen molar-refractivity contribution in [2.45, 2.75) is 31.8 Å². The number of hydrogen-bond acceptors (Lipinski definition) is 7. The maximum atomic E-state index is 12.5. The summed E-state index contributed by atoms with van der Waals surface area (Å²) < 4.78 is 29.4. The molecule has 12 heteroatoms. The van der Waals surface area contributed by atoms with E-state index in [2.05, 4.69) is 54.9 Å². The van der Waals surface area contributed by atoms with Crippen LogP contribution in [0.5, 0.6) is 0 Å². The van der Waals surface area contributed by atoms with Crippen molar-refractivity contribution in [1.29, 1.82) is 0 Å². The summed E-state index contributed by atoms with van der Waals surface area (Å²) in [7, 11) is -3.77. The van der Waals surface area contributed by atoms with Crippen LogP contribution in [0.2, 0.25) is 0 Å². The third-order valence-corrected chi connectivity index (χ3v) is 7.34. The van der Waals surface area contributed by atoms with Crippen LogP contribution in [0.25, 0.3) is 0 Å². The zero-order valence-corrected chi connectivity index (χ0v) is 20.8. The van der Waals surface area contributed by atoms with Crippen molar-refractivity contribution in [3.8, 4) is 0 Å². The molecule has 0 spiro atoms. The highest BCUT2D eigenvalue weighted by atomic mass is 32.2. The lowest BCUT2D eigenvalue weighted by molar-refractivity contribution is 0.176. The molecule has 3 heterocycles. The van der Waals surface area contributed by atoms with Crippen molar-refractivity contribution < 1.29 is 8.42 Å². The van der Waals surface area contributed by atoms with Crippen molar-refractivity contribution in [2.24, 2.45) is 0 Å². The van der Waals surface area contributed by atoms with Crippen molar-refractivity contribution in [3.05, 3.63) is 60.2 Å². The maximum absolute atomic E-state index is 12.5. The summed E-state index contributed by atoms with van der Waals surface area (Å²) >= 11 is 5.59. The first kappa shape index (κ1) is 24.0. The highest BCUT2D eigenvalue weighted by molar-refractivity contribution is 7.92.